The number of piperidine rings is 1. The van der Waals surface area contributed by atoms with Crippen molar-refractivity contribution >= 4 is 17.2 Å². The molecule has 7 heteroatoms. The molecule has 2 unspecified atom stereocenters. The highest BCUT2D eigenvalue weighted by Gasteiger charge is 2.25. The van der Waals surface area contributed by atoms with Crippen LogP contribution >= 0.6 is 11.3 Å². The molecule has 0 saturated carbocycles. The summed E-state index contributed by atoms with van der Waals surface area (Å²) < 4.78 is 10.6. The Labute approximate surface area is 157 Å². The highest BCUT2D eigenvalue weighted by molar-refractivity contribution is 7.17. The van der Waals surface area contributed by atoms with Crippen molar-refractivity contribution in [3.05, 3.63) is 28.8 Å². The van der Waals surface area contributed by atoms with Gasteiger partial charge in [-0.3, -0.25) is 4.79 Å². The van der Waals surface area contributed by atoms with E-state index in [0.717, 1.165) is 35.7 Å². The third-order valence-corrected chi connectivity index (χ3v) is 5.92. The van der Waals surface area contributed by atoms with Crippen LogP contribution in [-0.2, 0) is 0 Å². The second kappa shape index (κ2) is 8.05. The van der Waals surface area contributed by atoms with E-state index in [1.54, 1.807) is 14.2 Å². The van der Waals surface area contributed by atoms with Crippen molar-refractivity contribution in [1.82, 2.24) is 15.6 Å². The number of nitrogens with one attached hydrogen (secondary N) is 2. The second-order valence-electron chi connectivity index (χ2n) is 6.47. The first-order chi connectivity index (χ1) is 12.5. The molecule has 0 spiro atoms. The summed E-state index contributed by atoms with van der Waals surface area (Å²) in [4.78, 5) is 18.0. The lowest BCUT2D eigenvalue weighted by molar-refractivity contribution is 0.0923. The van der Waals surface area contributed by atoms with Gasteiger partial charge in [-0.25, -0.2) is 4.98 Å². The molecule has 3 rings (SSSR count). The van der Waals surface area contributed by atoms with Gasteiger partial charge in [-0.1, -0.05) is 0 Å². The molecule has 1 aromatic carbocycles. The maximum atomic E-state index is 12.7. The molecular weight excluding hydrogens is 350 g/mol. The van der Waals surface area contributed by atoms with Crippen molar-refractivity contribution in [3.8, 4) is 22.1 Å². The Balaban J connectivity index is 1.81. The minimum Gasteiger partial charge on any atom is -0.493 e. The molecule has 1 fully saturated rings. The number of hydrogen-bond donors (Lipinski definition) is 2. The van der Waals surface area contributed by atoms with Crippen molar-refractivity contribution in [3.63, 3.8) is 0 Å². The lowest BCUT2D eigenvalue weighted by atomic mass is 10.00. The number of rotatable bonds is 5. The van der Waals surface area contributed by atoms with Gasteiger partial charge >= 0.3 is 0 Å². The van der Waals surface area contributed by atoms with Gasteiger partial charge in [-0.15, -0.1) is 11.3 Å². The third kappa shape index (κ3) is 3.83. The van der Waals surface area contributed by atoms with Crippen LogP contribution in [-0.4, -0.2) is 43.7 Å². The summed E-state index contributed by atoms with van der Waals surface area (Å²) >= 11 is 1.40. The Kier molecular flexibility index (Phi) is 5.78. The van der Waals surface area contributed by atoms with Gasteiger partial charge in [0.1, 0.15) is 9.88 Å². The smallest absolute Gasteiger partial charge is 0.263 e. The van der Waals surface area contributed by atoms with Crippen molar-refractivity contribution in [2.24, 2.45) is 0 Å². The zero-order valence-electron chi connectivity index (χ0n) is 15.6. The normalized spacial score (nSPS) is 19.8. The molecule has 0 aliphatic carbocycles. The van der Waals surface area contributed by atoms with Crippen LogP contribution in [0.25, 0.3) is 10.6 Å². The molecule has 2 atom stereocenters. The highest BCUT2D eigenvalue weighted by Crippen LogP contribution is 2.35. The highest BCUT2D eigenvalue weighted by atomic mass is 32.1. The van der Waals surface area contributed by atoms with Crippen molar-refractivity contribution in [2.45, 2.75) is 38.8 Å². The predicted octanol–water partition coefficient (Wildman–Crippen LogP) is 3.01. The lowest BCUT2D eigenvalue weighted by Gasteiger charge is -2.30. The Morgan fingerprint density at radius 2 is 2.08 bits per heavy atom. The number of ether oxygens (including phenoxy) is 2. The SMILES string of the molecule is COc1ccc(-c2nc(C)c(C(=O)NC3CCCNC3C)s2)cc1OC. The van der Waals surface area contributed by atoms with Crippen LogP contribution in [0, 0.1) is 6.92 Å². The van der Waals surface area contributed by atoms with Crippen LogP contribution in [0.15, 0.2) is 18.2 Å². The van der Waals surface area contributed by atoms with Crippen molar-refractivity contribution < 1.29 is 14.3 Å². The summed E-state index contributed by atoms with van der Waals surface area (Å²) in [5.41, 5.74) is 1.65. The Hall–Kier alpha value is -2.12. The van der Waals surface area contributed by atoms with E-state index in [1.165, 1.54) is 11.3 Å². The quantitative estimate of drug-likeness (QED) is 0.840. The summed E-state index contributed by atoms with van der Waals surface area (Å²) in [6, 6.07) is 6.09. The topological polar surface area (TPSA) is 72.5 Å². The number of thiazole rings is 1. The largest absolute Gasteiger partial charge is 0.493 e. The molecule has 1 aliphatic heterocycles. The molecule has 2 heterocycles. The number of carbonyl (C=O) groups is 1. The van der Waals surface area contributed by atoms with Crippen molar-refractivity contribution in [1.29, 1.82) is 0 Å². The van der Waals surface area contributed by atoms with Gasteiger partial charge < -0.3 is 20.1 Å². The first kappa shape index (κ1) is 18.7. The van der Waals surface area contributed by atoms with Gasteiger partial charge in [0.25, 0.3) is 5.91 Å². The zero-order chi connectivity index (χ0) is 18.7. The predicted molar refractivity (Wildman–Crippen MR) is 103 cm³/mol. The number of amides is 1. The van der Waals surface area contributed by atoms with E-state index in [2.05, 4.69) is 22.5 Å². The summed E-state index contributed by atoms with van der Waals surface area (Å²) in [5, 5.41) is 7.36. The van der Waals surface area contributed by atoms with Crippen LogP contribution in [0.3, 0.4) is 0 Å². The summed E-state index contributed by atoms with van der Waals surface area (Å²) in [5.74, 6) is 1.26. The number of methoxy groups -OCH3 is 2. The fourth-order valence-electron chi connectivity index (χ4n) is 3.17. The van der Waals surface area contributed by atoms with E-state index >= 15 is 0 Å². The Bertz CT molecular complexity index is 790. The van der Waals surface area contributed by atoms with Gasteiger partial charge in [-0.05, 0) is 51.4 Å². The van der Waals surface area contributed by atoms with E-state index in [9.17, 15) is 4.79 Å². The Morgan fingerprint density at radius 3 is 2.77 bits per heavy atom. The first-order valence-electron chi connectivity index (χ1n) is 8.77. The maximum Gasteiger partial charge on any atom is 0.263 e. The molecular formula is C19H25N3O3S. The second-order valence-corrected chi connectivity index (χ2v) is 7.47. The molecule has 2 N–H and O–H groups in total. The van der Waals surface area contributed by atoms with E-state index < -0.39 is 0 Å². The van der Waals surface area contributed by atoms with Gasteiger partial charge in [0.05, 0.1) is 19.9 Å². The average molecular weight is 375 g/mol. The van der Waals surface area contributed by atoms with Gasteiger partial charge in [0.2, 0.25) is 0 Å². The summed E-state index contributed by atoms with van der Waals surface area (Å²) in [6.45, 7) is 4.99. The van der Waals surface area contributed by atoms with Crippen LogP contribution < -0.4 is 20.1 Å². The molecule has 0 bridgehead atoms. The summed E-state index contributed by atoms with van der Waals surface area (Å²) in [7, 11) is 3.21. The minimum absolute atomic E-state index is 0.0488. The fraction of sp³-hybridized carbons (Fsp3) is 0.474. The lowest BCUT2D eigenvalue weighted by Crippen LogP contribution is -2.51. The maximum absolute atomic E-state index is 12.7. The van der Waals surface area contributed by atoms with E-state index in [1.807, 2.05) is 25.1 Å². The van der Waals surface area contributed by atoms with E-state index in [-0.39, 0.29) is 18.0 Å². The van der Waals surface area contributed by atoms with Gasteiger partial charge in [0.15, 0.2) is 11.5 Å². The molecule has 1 aromatic heterocycles. The molecule has 2 aromatic rings. The Morgan fingerprint density at radius 1 is 1.31 bits per heavy atom. The third-order valence-electron chi connectivity index (χ3n) is 4.71. The molecule has 0 radical (unpaired) electrons. The van der Waals surface area contributed by atoms with Gasteiger partial charge in [0, 0.05) is 17.6 Å². The van der Waals surface area contributed by atoms with Gasteiger partial charge in [-0.2, -0.15) is 0 Å². The first-order valence-corrected chi connectivity index (χ1v) is 9.59. The van der Waals surface area contributed by atoms with E-state index in [0.29, 0.717) is 16.4 Å². The molecule has 6 nitrogen and oxygen atoms in total. The standard InChI is InChI=1S/C19H25N3O3S/c1-11-14(6-5-9-20-11)22-18(23)17-12(2)21-19(26-17)13-7-8-15(24-3)16(10-13)25-4/h7-8,10-11,14,20H,5-6,9H2,1-4H3,(H,22,23). The number of nitrogens with zero attached hydrogens (tertiary/aromatic N) is 1. The van der Waals surface area contributed by atoms with Crippen LogP contribution in [0.1, 0.15) is 35.1 Å². The fourth-order valence-corrected chi connectivity index (χ4v) is 4.14. The molecule has 1 amide bonds. The zero-order valence-corrected chi connectivity index (χ0v) is 16.4. The number of carbonyl (C=O) groups excluding carboxylic acids is 1. The van der Waals surface area contributed by atoms with Crippen LogP contribution in [0.4, 0.5) is 0 Å². The van der Waals surface area contributed by atoms with E-state index in [4.69, 9.17) is 9.47 Å². The number of aryl methyl sites for hydroxylation is 1. The molecule has 140 valence electrons. The molecule has 26 heavy (non-hydrogen) atoms. The molecule has 1 aliphatic rings. The summed E-state index contributed by atoms with van der Waals surface area (Å²) in [6.07, 6.45) is 2.08. The number of hydrogen-bond acceptors (Lipinski definition) is 6. The molecule has 1 saturated heterocycles. The van der Waals surface area contributed by atoms with Crippen LogP contribution in [0.2, 0.25) is 0 Å². The minimum atomic E-state index is -0.0488. The number of benzene rings is 1. The average Bonchev–Trinajstić information content (AvgIpc) is 3.04. The van der Waals surface area contributed by atoms with Crippen LogP contribution in [0.5, 0.6) is 11.5 Å². The van der Waals surface area contributed by atoms with Crippen molar-refractivity contribution in [2.75, 3.05) is 20.8 Å². The monoisotopic (exact) mass is 375 g/mol. The number of aromatic nitrogens is 1.